The number of piperidine rings is 1. The van der Waals surface area contributed by atoms with Gasteiger partial charge in [0.1, 0.15) is 0 Å². The van der Waals surface area contributed by atoms with E-state index in [-0.39, 0.29) is 0 Å². The van der Waals surface area contributed by atoms with E-state index in [0.29, 0.717) is 23.3 Å². The molecule has 5 nitrogen and oxygen atoms in total. The summed E-state index contributed by atoms with van der Waals surface area (Å²) in [5.74, 6) is 1.98. The monoisotopic (exact) mass is 356 g/mol. The van der Waals surface area contributed by atoms with Crippen molar-refractivity contribution in [2.24, 2.45) is 0 Å². The predicted molar refractivity (Wildman–Crippen MR) is 104 cm³/mol. The van der Waals surface area contributed by atoms with Gasteiger partial charge in [0.25, 0.3) is 0 Å². The average molecular weight is 356 g/mol. The molecule has 0 spiro atoms. The summed E-state index contributed by atoms with van der Waals surface area (Å²) in [7, 11) is 4.90. The molecule has 5 heteroatoms. The van der Waals surface area contributed by atoms with Crippen LogP contribution < -0.4 is 19.5 Å². The molecule has 1 N–H and O–H groups in total. The van der Waals surface area contributed by atoms with Crippen molar-refractivity contribution in [3.05, 3.63) is 48.0 Å². The smallest absolute Gasteiger partial charge is 0.203 e. The fourth-order valence-corrected chi connectivity index (χ4v) is 3.48. The average Bonchev–Trinajstić information content (AvgIpc) is 2.69. The van der Waals surface area contributed by atoms with Crippen LogP contribution in [-0.4, -0.2) is 45.4 Å². The lowest BCUT2D eigenvalue weighted by atomic mass is 10.0. The molecule has 1 aliphatic rings. The molecule has 0 aromatic heterocycles. The highest BCUT2D eigenvalue weighted by molar-refractivity contribution is 5.62. The molecule has 0 radical (unpaired) electrons. The number of hydrogen-bond donors (Lipinski definition) is 1. The number of nitrogens with zero attached hydrogens (tertiary/aromatic N) is 1. The molecule has 1 aliphatic heterocycles. The van der Waals surface area contributed by atoms with Crippen LogP contribution in [-0.2, 0) is 6.54 Å². The van der Waals surface area contributed by atoms with Crippen molar-refractivity contribution in [1.82, 2.24) is 4.90 Å². The van der Waals surface area contributed by atoms with Gasteiger partial charge in [0.15, 0.2) is 11.5 Å². The Morgan fingerprint density at radius 1 is 0.923 bits per heavy atom. The lowest BCUT2D eigenvalue weighted by Gasteiger charge is -2.33. The molecular formula is C21H28N2O3. The summed E-state index contributed by atoms with van der Waals surface area (Å²) in [4.78, 5) is 2.52. The second-order valence-corrected chi connectivity index (χ2v) is 6.59. The Kier molecular flexibility index (Phi) is 6.23. The van der Waals surface area contributed by atoms with Gasteiger partial charge >= 0.3 is 0 Å². The van der Waals surface area contributed by atoms with E-state index < -0.39 is 0 Å². The van der Waals surface area contributed by atoms with Crippen molar-refractivity contribution >= 4 is 5.69 Å². The van der Waals surface area contributed by atoms with Crippen molar-refractivity contribution in [2.45, 2.75) is 25.4 Å². The highest BCUT2D eigenvalue weighted by atomic mass is 16.5. The lowest BCUT2D eigenvalue weighted by Crippen LogP contribution is -2.38. The van der Waals surface area contributed by atoms with Gasteiger partial charge in [0.2, 0.25) is 5.75 Å². The van der Waals surface area contributed by atoms with Gasteiger partial charge in [-0.25, -0.2) is 0 Å². The first-order valence-corrected chi connectivity index (χ1v) is 9.06. The maximum absolute atomic E-state index is 5.44. The van der Waals surface area contributed by atoms with Crippen LogP contribution in [0.1, 0.15) is 18.4 Å². The molecule has 2 aromatic rings. The van der Waals surface area contributed by atoms with Crippen molar-refractivity contribution in [3.8, 4) is 17.2 Å². The van der Waals surface area contributed by atoms with Gasteiger partial charge in [-0.05, 0) is 18.4 Å². The summed E-state index contributed by atoms with van der Waals surface area (Å²) in [6.45, 7) is 3.21. The van der Waals surface area contributed by atoms with Crippen molar-refractivity contribution in [1.29, 1.82) is 0 Å². The quantitative estimate of drug-likeness (QED) is 0.818. The first kappa shape index (κ1) is 18.4. The van der Waals surface area contributed by atoms with Gasteiger partial charge in [-0.3, -0.25) is 4.90 Å². The van der Waals surface area contributed by atoms with E-state index in [2.05, 4.69) is 40.5 Å². The summed E-state index contributed by atoms with van der Waals surface area (Å²) in [6, 6.07) is 15.1. The van der Waals surface area contributed by atoms with Crippen LogP contribution in [0.3, 0.4) is 0 Å². The summed E-state index contributed by atoms with van der Waals surface area (Å²) < 4.78 is 16.3. The molecule has 0 unspecified atom stereocenters. The van der Waals surface area contributed by atoms with Crippen LogP contribution >= 0.6 is 0 Å². The number of ether oxygens (including phenoxy) is 3. The van der Waals surface area contributed by atoms with Gasteiger partial charge in [-0.1, -0.05) is 30.3 Å². The highest BCUT2D eigenvalue weighted by Crippen LogP contribution is 2.40. The summed E-state index contributed by atoms with van der Waals surface area (Å²) in [6.07, 6.45) is 2.23. The zero-order valence-corrected chi connectivity index (χ0v) is 15.8. The number of likely N-dealkylation sites (tertiary alicyclic amines) is 1. The van der Waals surface area contributed by atoms with E-state index >= 15 is 0 Å². The third-order valence-corrected chi connectivity index (χ3v) is 4.87. The van der Waals surface area contributed by atoms with E-state index in [1.807, 2.05) is 12.1 Å². The first-order valence-electron chi connectivity index (χ1n) is 9.06. The number of methoxy groups -OCH3 is 3. The molecule has 3 rings (SSSR count). The predicted octanol–water partition coefficient (Wildman–Crippen LogP) is 3.79. The van der Waals surface area contributed by atoms with Crippen molar-refractivity contribution in [2.75, 3.05) is 39.7 Å². The number of anilines is 1. The van der Waals surface area contributed by atoms with Crippen LogP contribution in [0, 0.1) is 0 Å². The molecule has 0 atom stereocenters. The maximum Gasteiger partial charge on any atom is 0.203 e. The van der Waals surface area contributed by atoms with Gasteiger partial charge in [0, 0.05) is 43.5 Å². The Balaban J connectivity index is 1.59. The van der Waals surface area contributed by atoms with Gasteiger partial charge in [-0.15, -0.1) is 0 Å². The van der Waals surface area contributed by atoms with Crippen LogP contribution in [0.5, 0.6) is 17.2 Å². The Morgan fingerprint density at radius 2 is 1.54 bits per heavy atom. The maximum atomic E-state index is 5.44. The minimum atomic E-state index is 0.449. The minimum absolute atomic E-state index is 0.449. The molecule has 1 fully saturated rings. The Morgan fingerprint density at radius 3 is 2.08 bits per heavy atom. The zero-order valence-electron chi connectivity index (χ0n) is 15.8. The number of rotatable bonds is 7. The standard InChI is InChI=1S/C21H28N2O3/c1-24-19-13-18(14-20(25-2)21(19)26-3)22-17-9-11-23(12-10-17)15-16-7-5-4-6-8-16/h4-8,13-14,17,22H,9-12,15H2,1-3H3. The van der Waals surface area contributed by atoms with Crippen molar-refractivity contribution < 1.29 is 14.2 Å². The van der Waals surface area contributed by atoms with E-state index in [4.69, 9.17) is 14.2 Å². The van der Waals surface area contributed by atoms with E-state index in [1.54, 1.807) is 21.3 Å². The highest BCUT2D eigenvalue weighted by Gasteiger charge is 2.20. The number of hydrogen-bond acceptors (Lipinski definition) is 5. The second kappa shape index (κ2) is 8.81. The molecule has 140 valence electrons. The Labute approximate surface area is 155 Å². The zero-order chi connectivity index (χ0) is 18.4. The first-order chi connectivity index (χ1) is 12.7. The summed E-state index contributed by atoms with van der Waals surface area (Å²) in [5, 5.41) is 3.62. The van der Waals surface area contributed by atoms with Crippen LogP contribution in [0.4, 0.5) is 5.69 Å². The molecule has 1 heterocycles. The molecular weight excluding hydrogens is 328 g/mol. The molecule has 1 saturated heterocycles. The van der Waals surface area contributed by atoms with Crippen LogP contribution in [0.2, 0.25) is 0 Å². The van der Waals surface area contributed by atoms with Gasteiger partial charge in [0.05, 0.1) is 21.3 Å². The number of benzene rings is 2. The van der Waals surface area contributed by atoms with E-state index in [0.717, 1.165) is 38.2 Å². The van der Waals surface area contributed by atoms with Crippen LogP contribution in [0.15, 0.2) is 42.5 Å². The molecule has 0 bridgehead atoms. The Hall–Kier alpha value is -2.40. The third kappa shape index (κ3) is 4.41. The normalized spacial score (nSPS) is 15.5. The molecule has 26 heavy (non-hydrogen) atoms. The summed E-state index contributed by atoms with van der Waals surface area (Å²) in [5.41, 5.74) is 2.38. The SMILES string of the molecule is COc1cc(NC2CCN(Cc3ccccc3)CC2)cc(OC)c1OC. The molecule has 2 aromatic carbocycles. The molecule has 0 aliphatic carbocycles. The minimum Gasteiger partial charge on any atom is -0.493 e. The molecule has 0 amide bonds. The topological polar surface area (TPSA) is 43.0 Å². The van der Waals surface area contributed by atoms with E-state index in [1.165, 1.54) is 5.56 Å². The molecule has 0 saturated carbocycles. The lowest BCUT2D eigenvalue weighted by molar-refractivity contribution is 0.211. The Bertz CT molecular complexity index is 673. The largest absolute Gasteiger partial charge is 0.493 e. The second-order valence-electron chi connectivity index (χ2n) is 6.59. The van der Waals surface area contributed by atoms with Gasteiger partial charge in [-0.2, -0.15) is 0 Å². The van der Waals surface area contributed by atoms with E-state index in [9.17, 15) is 0 Å². The third-order valence-electron chi connectivity index (χ3n) is 4.87. The van der Waals surface area contributed by atoms with Gasteiger partial charge < -0.3 is 19.5 Å². The fraction of sp³-hybridized carbons (Fsp3) is 0.429. The fourth-order valence-electron chi connectivity index (χ4n) is 3.48. The van der Waals surface area contributed by atoms with Crippen LogP contribution in [0.25, 0.3) is 0 Å². The van der Waals surface area contributed by atoms with Crippen molar-refractivity contribution in [3.63, 3.8) is 0 Å². The summed E-state index contributed by atoms with van der Waals surface area (Å²) >= 11 is 0. The number of nitrogens with one attached hydrogen (secondary N) is 1.